The van der Waals surface area contributed by atoms with Gasteiger partial charge in [0.2, 0.25) is 5.91 Å². The molecule has 0 saturated carbocycles. The summed E-state index contributed by atoms with van der Waals surface area (Å²) in [6.07, 6.45) is 57.2. The molecule has 600 valence electrons. The Bertz CT molecular complexity index is 2140. The van der Waals surface area contributed by atoms with Crippen LogP contribution < -0.4 is 5.32 Å². The van der Waals surface area contributed by atoms with Crippen molar-refractivity contribution in [1.29, 1.82) is 0 Å². The van der Waals surface area contributed by atoms with E-state index < -0.39 is 124 Å². The van der Waals surface area contributed by atoms with E-state index in [1.165, 1.54) is 205 Å². The quantitative estimate of drug-likeness (QED) is 0.0199. The Morgan fingerprint density at radius 1 is 0.359 bits per heavy atom. The van der Waals surface area contributed by atoms with Crippen molar-refractivity contribution in [3.8, 4) is 0 Å². The van der Waals surface area contributed by atoms with Crippen LogP contribution in [0.1, 0.15) is 322 Å². The molecular formula is C84H151NO18. The zero-order valence-electron chi connectivity index (χ0n) is 64.3. The molecule has 103 heavy (non-hydrogen) atoms. The molecule has 3 rings (SSSR count). The average Bonchev–Trinajstić information content (AvgIpc) is 0.782. The van der Waals surface area contributed by atoms with Crippen LogP contribution >= 0.6 is 0 Å². The summed E-state index contributed by atoms with van der Waals surface area (Å²) >= 11 is 0. The van der Waals surface area contributed by atoms with E-state index in [4.69, 9.17) is 28.4 Å². The fourth-order valence-corrected chi connectivity index (χ4v) is 13.9. The zero-order chi connectivity index (χ0) is 74.6. The van der Waals surface area contributed by atoms with Crippen LogP contribution in [0.3, 0.4) is 0 Å². The molecule has 3 fully saturated rings. The third-order valence-electron chi connectivity index (χ3n) is 20.5. The van der Waals surface area contributed by atoms with Gasteiger partial charge in [0.25, 0.3) is 0 Å². The van der Waals surface area contributed by atoms with Crippen molar-refractivity contribution in [3.63, 3.8) is 0 Å². The molecule has 1 amide bonds. The number of nitrogens with one attached hydrogen (secondary N) is 1. The monoisotopic (exact) mass is 1460 g/mol. The van der Waals surface area contributed by atoms with Crippen molar-refractivity contribution in [2.45, 2.75) is 426 Å². The molecule has 3 heterocycles. The Morgan fingerprint density at radius 3 is 1.05 bits per heavy atom. The molecule has 0 aromatic heterocycles. The van der Waals surface area contributed by atoms with Crippen molar-refractivity contribution < 1.29 is 89.4 Å². The summed E-state index contributed by atoms with van der Waals surface area (Å²) < 4.78 is 34.5. The third kappa shape index (κ3) is 43.9. The molecule has 0 bridgehead atoms. The lowest BCUT2D eigenvalue weighted by atomic mass is 9.96. The number of carbonyl (C=O) groups is 1. The topological polar surface area (TPSA) is 307 Å². The highest BCUT2D eigenvalue weighted by atomic mass is 16.8. The van der Waals surface area contributed by atoms with Crippen LogP contribution in [0, 0.1) is 0 Å². The second-order valence-corrected chi connectivity index (χ2v) is 29.6. The Balaban J connectivity index is 1.28. The van der Waals surface area contributed by atoms with Crippen LogP contribution in [0.25, 0.3) is 0 Å². The maximum atomic E-state index is 13.5. The molecule has 17 atom stereocenters. The summed E-state index contributed by atoms with van der Waals surface area (Å²) in [5.74, 6) is -0.238. The highest BCUT2D eigenvalue weighted by Gasteiger charge is 2.54. The lowest BCUT2D eigenvalue weighted by Crippen LogP contribution is -2.66. The standard InChI is InChI=1S/C84H151NO18/c1-3-5-7-9-11-13-15-17-19-21-22-23-24-25-26-27-28-29-30-31-32-33-34-35-36-37-38-39-40-41-42-43-44-46-48-50-52-54-56-58-60-62-72(90)85-67(68(89)61-59-57-55-53-51-49-47-45-20-18-16-14-12-10-8-6-4-2)66-98-82-78(96)75(93)80(70(64-87)100-82)103-84-79(97)76(94)81(71(65-88)101-84)102-83-77(95)74(92)73(91)69(63-86)99-83/h5,7,11,13,17,19,22-23,25-26,28-29,67-71,73-84,86-89,91-97H,3-4,6,8-10,12,14-16,18,20-21,24,27,30-66H2,1-2H3,(H,85,90)/b7-5-,13-11-,19-17-,23-22-,26-25-,29-28-. The molecule has 19 nitrogen and oxygen atoms in total. The Labute approximate surface area is 623 Å². The van der Waals surface area contributed by atoms with Crippen LogP contribution in [-0.4, -0.2) is 193 Å². The SMILES string of the molecule is CC/C=C\C/C=C\C/C=C\C/C=C\C/C=C\C/C=C\CCCCCCCCCCCCCCCCCCCCCCCCC(=O)NC(COC1OC(CO)C(OC2OC(CO)C(OC3OC(CO)C(O)C(O)C3O)C(O)C2O)C(O)C1O)C(O)CCCCCCCCCCCCCCCCCCC. The number of rotatable bonds is 66. The van der Waals surface area contributed by atoms with Gasteiger partial charge in [0.05, 0.1) is 38.6 Å². The van der Waals surface area contributed by atoms with Crippen molar-refractivity contribution in [1.82, 2.24) is 5.32 Å². The summed E-state index contributed by atoms with van der Waals surface area (Å²) in [5, 5.41) is 121. The fraction of sp³-hybridized carbons (Fsp3) is 0.845. The number of aliphatic hydroxyl groups excluding tert-OH is 11. The smallest absolute Gasteiger partial charge is 0.220 e. The molecule has 19 heteroatoms. The minimum Gasteiger partial charge on any atom is -0.394 e. The minimum atomic E-state index is -1.97. The first-order valence-electron chi connectivity index (χ1n) is 41.7. The average molecular weight is 1460 g/mol. The van der Waals surface area contributed by atoms with Gasteiger partial charge in [-0.05, 0) is 64.2 Å². The van der Waals surface area contributed by atoms with Crippen LogP contribution in [-0.2, 0) is 33.2 Å². The maximum Gasteiger partial charge on any atom is 0.220 e. The number of unbranched alkanes of at least 4 members (excludes halogenated alkanes) is 38. The van der Waals surface area contributed by atoms with E-state index in [9.17, 15) is 61.0 Å². The lowest BCUT2D eigenvalue weighted by molar-refractivity contribution is -0.379. The molecular weight excluding hydrogens is 1310 g/mol. The van der Waals surface area contributed by atoms with Crippen LogP contribution in [0.15, 0.2) is 72.9 Å². The Kier molecular flexibility index (Phi) is 58.8. The normalized spacial score (nSPS) is 26.4. The summed E-state index contributed by atoms with van der Waals surface area (Å²) in [6, 6.07) is -0.888. The highest BCUT2D eigenvalue weighted by Crippen LogP contribution is 2.33. The summed E-state index contributed by atoms with van der Waals surface area (Å²) in [5.41, 5.74) is 0. The molecule has 0 spiro atoms. The predicted molar refractivity (Wildman–Crippen MR) is 411 cm³/mol. The minimum absolute atomic E-state index is 0.238. The second kappa shape index (κ2) is 64.1. The second-order valence-electron chi connectivity index (χ2n) is 29.6. The molecule has 3 aliphatic rings. The first-order valence-corrected chi connectivity index (χ1v) is 41.7. The largest absolute Gasteiger partial charge is 0.394 e. The van der Waals surface area contributed by atoms with Crippen LogP contribution in [0.4, 0.5) is 0 Å². The van der Waals surface area contributed by atoms with Gasteiger partial charge in [-0.2, -0.15) is 0 Å². The summed E-state index contributed by atoms with van der Waals surface area (Å²) in [6.45, 7) is 1.72. The van der Waals surface area contributed by atoms with Crippen LogP contribution in [0.2, 0.25) is 0 Å². The van der Waals surface area contributed by atoms with Gasteiger partial charge in [-0.25, -0.2) is 0 Å². The zero-order valence-corrected chi connectivity index (χ0v) is 64.3. The van der Waals surface area contributed by atoms with E-state index in [-0.39, 0.29) is 18.9 Å². The highest BCUT2D eigenvalue weighted by molar-refractivity contribution is 5.76. The molecule has 0 aromatic rings. The van der Waals surface area contributed by atoms with Gasteiger partial charge in [0, 0.05) is 6.42 Å². The van der Waals surface area contributed by atoms with E-state index in [1.807, 2.05) is 0 Å². The van der Waals surface area contributed by atoms with E-state index in [1.54, 1.807) is 0 Å². The van der Waals surface area contributed by atoms with Gasteiger partial charge in [0.15, 0.2) is 18.9 Å². The van der Waals surface area contributed by atoms with Gasteiger partial charge in [0.1, 0.15) is 73.2 Å². The van der Waals surface area contributed by atoms with Crippen molar-refractivity contribution >= 4 is 5.91 Å². The van der Waals surface area contributed by atoms with Crippen LogP contribution in [0.5, 0.6) is 0 Å². The summed E-state index contributed by atoms with van der Waals surface area (Å²) in [7, 11) is 0. The van der Waals surface area contributed by atoms with Gasteiger partial charge < -0.3 is 89.9 Å². The molecule has 3 aliphatic heterocycles. The van der Waals surface area contributed by atoms with E-state index in [0.717, 1.165) is 83.5 Å². The Hall–Kier alpha value is -2.77. The molecule has 0 radical (unpaired) electrons. The molecule has 3 saturated heterocycles. The van der Waals surface area contributed by atoms with Gasteiger partial charge in [-0.1, -0.05) is 324 Å². The van der Waals surface area contributed by atoms with Gasteiger partial charge >= 0.3 is 0 Å². The Morgan fingerprint density at radius 2 is 0.670 bits per heavy atom. The van der Waals surface area contributed by atoms with E-state index in [0.29, 0.717) is 12.8 Å². The van der Waals surface area contributed by atoms with Crippen molar-refractivity contribution in [3.05, 3.63) is 72.9 Å². The van der Waals surface area contributed by atoms with Gasteiger partial charge in [-0.15, -0.1) is 0 Å². The molecule has 12 N–H and O–H groups in total. The molecule has 0 aliphatic carbocycles. The number of ether oxygens (including phenoxy) is 6. The fourth-order valence-electron chi connectivity index (χ4n) is 13.9. The number of aliphatic hydroxyl groups is 11. The van der Waals surface area contributed by atoms with E-state index in [2.05, 4.69) is 92.1 Å². The molecule has 17 unspecified atom stereocenters. The van der Waals surface area contributed by atoms with Crippen molar-refractivity contribution in [2.24, 2.45) is 0 Å². The van der Waals surface area contributed by atoms with E-state index >= 15 is 0 Å². The maximum absolute atomic E-state index is 13.5. The lowest BCUT2D eigenvalue weighted by Gasteiger charge is -2.48. The summed E-state index contributed by atoms with van der Waals surface area (Å²) in [4.78, 5) is 13.5. The first kappa shape index (κ1) is 94.4. The number of hydrogen-bond acceptors (Lipinski definition) is 18. The number of allylic oxidation sites excluding steroid dienone is 12. The number of hydrogen-bond donors (Lipinski definition) is 12. The number of amides is 1. The third-order valence-corrected chi connectivity index (χ3v) is 20.5. The van der Waals surface area contributed by atoms with Gasteiger partial charge in [-0.3, -0.25) is 4.79 Å². The van der Waals surface area contributed by atoms with Crippen molar-refractivity contribution in [2.75, 3.05) is 26.4 Å². The predicted octanol–water partition coefficient (Wildman–Crippen LogP) is 14.4. The number of carbonyl (C=O) groups excluding carboxylic acids is 1. The molecule has 0 aromatic carbocycles. The first-order chi connectivity index (χ1) is 50.3.